The lowest BCUT2D eigenvalue weighted by Gasteiger charge is -2.15. The molecule has 1 N–H and O–H groups in total. The number of pyridine rings is 1. The van der Waals surface area contributed by atoms with E-state index in [1.807, 2.05) is 43.3 Å². The quantitative estimate of drug-likeness (QED) is 0.631. The number of rotatable bonds is 6. The molecular formula is C24H24N2O4. The van der Waals surface area contributed by atoms with Crippen molar-refractivity contribution >= 4 is 17.6 Å². The molecule has 0 atom stereocenters. The molecule has 0 fully saturated rings. The zero-order valence-electron chi connectivity index (χ0n) is 17.3. The first-order valence-electron chi connectivity index (χ1n) is 9.74. The van der Waals surface area contributed by atoms with Crippen LogP contribution in [0.15, 0.2) is 65.5 Å². The van der Waals surface area contributed by atoms with E-state index in [2.05, 4.69) is 5.32 Å². The molecule has 30 heavy (non-hydrogen) atoms. The number of nitrogens with zero attached hydrogens (tertiary/aromatic N) is 1. The number of hydrogen-bond donors (Lipinski definition) is 1. The highest BCUT2D eigenvalue weighted by atomic mass is 16.5. The molecule has 3 aromatic rings. The number of anilines is 1. The summed E-state index contributed by atoms with van der Waals surface area (Å²) in [6.07, 6.45) is 0. The van der Waals surface area contributed by atoms with Crippen LogP contribution in [0.2, 0.25) is 0 Å². The van der Waals surface area contributed by atoms with E-state index >= 15 is 0 Å². The van der Waals surface area contributed by atoms with E-state index in [0.717, 1.165) is 11.3 Å². The highest BCUT2D eigenvalue weighted by molar-refractivity contribution is 6.05. The number of aromatic nitrogens is 1. The Hall–Kier alpha value is -3.67. The van der Waals surface area contributed by atoms with Gasteiger partial charge in [0.25, 0.3) is 11.5 Å². The Morgan fingerprint density at radius 3 is 2.30 bits per heavy atom. The summed E-state index contributed by atoms with van der Waals surface area (Å²) in [5.74, 6) is -0.906. The molecule has 2 aromatic carbocycles. The molecule has 0 bridgehead atoms. The summed E-state index contributed by atoms with van der Waals surface area (Å²) in [5.41, 5.74) is 3.03. The molecule has 0 saturated heterocycles. The number of benzene rings is 2. The van der Waals surface area contributed by atoms with Gasteiger partial charge in [-0.2, -0.15) is 0 Å². The smallest absolute Gasteiger partial charge is 0.338 e. The SMILES string of the molecule is CCOC(=O)c1ccc(NC(=O)c2c(C)cc(C)n(Cc3ccccc3)c2=O)cc1. The van der Waals surface area contributed by atoms with Gasteiger partial charge in [-0.3, -0.25) is 9.59 Å². The third-order valence-corrected chi connectivity index (χ3v) is 4.77. The maximum atomic E-state index is 13.1. The minimum atomic E-state index is -0.483. The van der Waals surface area contributed by atoms with E-state index in [-0.39, 0.29) is 11.1 Å². The van der Waals surface area contributed by atoms with Crippen molar-refractivity contribution in [3.05, 3.63) is 99.0 Å². The molecule has 6 heteroatoms. The average molecular weight is 404 g/mol. The van der Waals surface area contributed by atoms with Gasteiger partial charge in [-0.25, -0.2) is 4.79 Å². The van der Waals surface area contributed by atoms with E-state index in [1.54, 1.807) is 42.7 Å². The van der Waals surface area contributed by atoms with Crippen LogP contribution >= 0.6 is 0 Å². The molecule has 0 spiro atoms. The Morgan fingerprint density at radius 2 is 1.67 bits per heavy atom. The van der Waals surface area contributed by atoms with Crippen molar-refractivity contribution in [2.24, 2.45) is 0 Å². The molecule has 0 radical (unpaired) electrons. The fourth-order valence-electron chi connectivity index (χ4n) is 3.26. The first-order valence-corrected chi connectivity index (χ1v) is 9.74. The fourth-order valence-corrected chi connectivity index (χ4v) is 3.26. The summed E-state index contributed by atoms with van der Waals surface area (Å²) in [7, 11) is 0. The van der Waals surface area contributed by atoms with Crippen LogP contribution in [0.3, 0.4) is 0 Å². The molecule has 3 rings (SSSR count). The predicted molar refractivity (Wildman–Crippen MR) is 116 cm³/mol. The average Bonchev–Trinajstić information content (AvgIpc) is 2.72. The second-order valence-electron chi connectivity index (χ2n) is 6.97. The van der Waals surface area contributed by atoms with Crippen LogP contribution in [-0.2, 0) is 11.3 Å². The number of hydrogen-bond acceptors (Lipinski definition) is 4. The van der Waals surface area contributed by atoms with E-state index in [4.69, 9.17) is 4.74 Å². The van der Waals surface area contributed by atoms with Crippen LogP contribution in [0, 0.1) is 13.8 Å². The number of aryl methyl sites for hydroxylation is 2. The van der Waals surface area contributed by atoms with Gasteiger partial charge < -0.3 is 14.6 Å². The van der Waals surface area contributed by atoms with Gasteiger partial charge in [0, 0.05) is 11.4 Å². The van der Waals surface area contributed by atoms with Crippen LogP contribution in [-0.4, -0.2) is 23.1 Å². The zero-order chi connectivity index (χ0) is 21.7. The molecule has 0 aliphatic carbocycles. The van der Waals surface area contributed by atoms with Gasteiger partial charge in [0.2, 0.25) is 0 Å². The lowest BCUT2D eigenvalue weighted by atomic mass is 10.1. The molecule has 6 nitrogen and oxygen atoms in total. The minimum absolute atomic E-state index is 0.103. The zero-order valence-corrected chi connectivity index (χ0v) is 17.3. The van der Waals surface area contributed by atoms with Gasteiger partial charge in [-0.1, -0.05) is 30.3 Å². The van der Waals surface area contributed by atoms with Gasteiger partial charge in [-0.15, -0.1) is 0 Å². The molecule has 0 saturated carbocycles. The van der Waals surface area contributed by atoms with Gasteiger partial charge in [-0.05, 0) is 62.2 Å². The number of esters is 1. The van der Waals surface area contributed by atoms with Crippen molar-refractivity contribution in [1.82, 2.24) is 4.57 Å². The topological polar surface area (TPSA) is 77.4 Å². The summed E-state index contributed by atoms with van der Waals surface area (Å²) in [5, 5.41) is 2.74. The Labute approximate surface area is 175 Å². The van der Waals surface area contributed by atoms with Crippen molar-refractivity contribution in [2.45, 2.75) is 27.3 Å². The monoisotopic (exact) mass is 404 g/mol. The summed E-state index contributed by atoms with van der Waals surface area (Å²) in [6, 6.07) is 17.8. The van der Waals surface area contributed by atoms with Crippen molar-refractivity contribution in [2.75, 3.05) is 11.9 Å². The van der Waals surface area contributed by atoms with Crippen molar-refractivity contribution in [3.63, 3.8) is 0 Å². The second kappa shape index (κ2) is 9.22. The molecule has 1 aromatic heterocycles. The maximum absolute atomic E-state index is 13.1. The highest BCUT2D eigenvalue weighted by Gasteiger charge is 2.18. The lowest BCUT2D eigenvalue weighted by Crippen LogP contribution is -2.32. The van der Waals surface area contributed by atoms with Crippen molar-refractivity contribution in [1.29, 1.82) is 0 Å². The molecule has 0 aliphatic heterocycles. The van der Waals surface area contributed by atoms with E-state index in [1.165, 1.54) is 0 Å². The number of ether oxygens (including phenoxy) is 1. The summed E-state index contributed by atoms with van der Waals surface area (Å²) in [6.45, 7) is 6.02. The molecule has 0 unspecified atom stereocenters. The molecular weight excluding hydrogens is 380 g/mol. The van der Waals surface area contributed by atoms with E-state index in [0.29, 0.717) is 30.0 Å². The summed E-state index contributed by atoms with van der Waals surface area (Å²) >= 11 is 0. The Morgan fingerprint density at radius 1 is 1.00 bits per heavy atom. The van der Waals surface area contributed by atoms with Gasteiger partial charge in [0.05, 0.1) is 18.7 Å². The summed E-state index contributed by atoms with van der Waals surface area (Å²) in [4.78, 5) is 37.7. The van der Waals surface area contributed by atoms with E-state index in [9.17, 15) is 14.4 Å². The number of carbonyl (C=O) groups excluding carboxylic acids is 2. The third-order valence-electron chi connectivity index (χ3n) is 4.77. The van der Waals surface area contributed by atoms with Gasteiger partial charge in [0.15, 0.2) is 0 Å². The van der Waals surface area contributed by atoms with Gasteiger partial charge >= 0.3 is 5.97 Å². The lowest BCUT2D eigenvalue weighted by molar-refractivity contribution is 0.0526. The number of carbonyl (C=O) groups is 2. The number of amides is 1. The Bertz CT molecular complexity index is 1120. The molecule has 1 amide bonds. The maximum Gasteiger partial charge on any atom is 0.338 e. The largest absolute Gasteiger partial charge is 0.462 e. The Balaban J connectivity index is 1.86. The Kier molecular flexibility index (Phi) is 6.47. The third kappa shape index (κ3) is 4.66. The second-order valence-corrected chi connectivity index (χ2v) is 6.97. The van der Waals surface area contributed by atoms with Crippen LogP contribution in [0.4, 0.5) is 5.69 Å². The first-order chi connectivity index (χ1) is 14.4. The fraction of sp³-hybridized carbons (Fsp3) is 0.208. The first kappa shape index (κ1) is 21.0. The van der Waals surface area contributed by atoms with Crippen LogP contribution in [0.25, 0.3) is 0 Å². The highest BCUT2D eigenvalue weighted by Crippen LogP contribution is 2.14. The predicted octanol–water partition coefficient (Wildman–Crippen LogP) is 3.94. The van der Waals surface area contributed by atoms with Crippen LogP contribution in [0.1, 0.15) is 44.5 Å². The standard InChI is InChI=1S/C24H24N2O4/c1-4-30-24(29)19-10-12-20(13-11-19)25-22(27)21-16(2)14-17(3)26(23(21)28)15-18-8-6-5-7-9-18/h5-14H,4,15H2,1-3H3,(H,25,27). The van der Waals surface area contributed by atoms with Crippen molar-refractivity contribution in [3.8, 4) is 0 Å². The number of nitrogens with one attached hydrogen (secondary N) is 1. The van der Waals surface area contributed by atoms with Crippen molar-refractivity contribution < 1.29 is 14.3 Å². The van der Waals surface area contributed by atoms with E-state index < -0.39 is 11.9 Å². The summed E-state index contributed by atoms with van der Waals surface area (Å²) < 4.78 is 6.55. The normalized spacial score (nSPS) is 10.5. The van der Waals surface area contributed by atoms with Gasteiger partial charge in [0.1, 0.15) is 5.56 Å². The van der Waals surface area contributed by atoms with Crippen LogP contribution < -0.4 is 10.9 Å². The molecule has 1 heterocycles. The molecule has 154 valence electrons. The minimum Gasteiger partial charge on any atom is -0.462 e. The van der Waals surface area contributed by atoms with Crippen LogP contribution in [0.5, 0.6) is 0 Å². The molecule has 0 aliphatic rings.